The monoisotopic (exact) mass is 384 g/mol. The van der Waals surface area contributed by atoms with Crippen LogP contribution in [0.2, 0.25) is 0 Å². The standard InChI is InChI=1S/C16H15F3N4O4/c1-9(24)20-14(25)11-3-2-10(8-12(11)23-4-6-26-7-5-23)13-21-15(27-22-13)16(17,18)19/h2-3,8H,4-7H2,1H3,(H,20,24,25). The van der Waals surface area contributed by atoms with Crippen LogP contribution in [-0.4, -0.2) is 48.3 Å². The average molecular weight is 384 g/mol. The first-order valence-corrected chi connectivity index (χ1v) is 7.95. The number of aromatic nitrogens is 2. The van der Waals surface area contributed by atoms with E-state index in [1.165, 1.54) is 25.1 Å². The van der Waals surface area contributed by atoms with Gasteiger partial charge in [-0.05, 0) is 12.1 Å². The number of rotatable bonds is 3. The molecule has 1 fully saturated rings. The Morgan fingerprint density at radius 2 is 1.93 bits per heavy atom. The van der Waals surface area contributed by atoms with Crippen molar-refractivity contribution in [2.45, 2.75) is 13.1 Å². The third kappa shape index (κ3) is 4.25. The van der Waals surface area contributed by atoms with Gasteiger partial charge in [-0.2, -0.15) is 18.2 Å². The van der Waals surface area contributed by atoms with E-state index in [0.717, 1.165) is 0 Å². The summed E-state index contributed by atoms with van der Waals surface area (Å²) in [7, 11) is 0. The molecule has 144 valence electrons. The second-order valence-electron chi connectivity index (χ2n) is 5.76. The van der Waals surface area contributed by atoms with Crippen molar-refractivity contribution in [3.63, 3.8) is 0 Å². The molecule has 0 spiro atoms. The third-order valence-electron chi connectivity index (χ3n) is 3.81. The fourth-order valence-corrected chi connectivity index (χ4v) is 2.61. The Labute approximate surface area is 151 Å². The summed E-state index contributed by atoms with van der Waals surface area (Å²) >= 11 is 0. The van der Waals surface area contributed by atoms with Gasteiger partial charge >= 0.3 is 12.1 Å². The number of nitrogens with zero attached hydrogens (tertiary/aromatic N) is 3. The largest absolute Gasteiger partial charge is 0.471 e. The highest BCUT2D eigenvalue weighted by molar-refractivity contribution is 6.07. The van der Waals surface area contributed by atoms with Gasteiger partial charge in [0.2, 0.25) is 11.7 Å². The lowest BCUT2D eigenvalue weighted by molar-refractivity contribution is -0.159. The summed E-state index contributed by atoms with van der Waals surface area (Å²) in [4.78, 5) is 28.7. The molecule has 1 aliphatic heterocycles. The first-order valence-electron chi connectivity index (χ1n) is 7.95. The molecule has 0 radical (unpaired) electrons. The van der Waals surface area contributed by atoms with Crippen LogP contribution in [0.15, 0.2) is 22.7 Å². The van der Waals surface area contributed by atoms with Crippen LogP contribution in [0, 0.1) is 0 Å². The van der Waals surface area contributed by atoms with E-state index in [0.29, 0.717) is 32.0 Å². The molecule has 1 aromatic carbocycles. The topological polar surface area (TPSA) is 97.6 Å². The van der Waals surface area contributed by atoms with E-state index in [4.69, 9.17) is 4.74 Å². The van der Waals surface area contributed by atoms with Gasteiger partial charge in [0, 0.05) is 25.6 Å². The van der Waals surface area contributed by atoms with E-state index >= 15 is 0 Å². The van der Waals surface area contributed by atoms with E-state index in [1.807, 2.05) is 4.90 Å². The van der Waals surface area contributed by atoms with Crippen molar-refractivity contribution in [1.29, 1.82) is 0 Å². The minimum atomic E-state index is -4.75. The van der Waals surface area contributed by atoms with Crippen LogP contribution >= 0.6 is 0 Å². The number of morpholine rings is 1. The molecule has 11 heteroatoms. The molecule has 1 aromatic heterocycles. The SMILES string of the molecule is CC(=O)NC(=O)c1ccc(-c2noc(C(F)(F)F)n2)cc1N1CCOCC1. The second-order valence-corrected chi connectivity index (χ2v) is 5.76. The Bertz CT molecular complexity index is 860. The van der Waals surface area contributed by atoms with Crippen molar-refractivity contribution < 1.29 is 32.0 Å². The highest BCUT2D eigenvalue weighted by atomic mass is 19.4. The molecule has 0 saturated carbocycles. The smallest absolute Gasteiger partial charge is 0.378 e. The van der Waals surface area contributed by atoms with Crippen molar-refractivity contribution in [1.82, 2.24) is 15.5 Å². The Morgan fingerprint density at radius 1 is 1.22 bits per heavy atom. The summed E-state index contributed by atoms with van der Waals surface area (Å²) in [6, 6.07) is 4.29. The number of nitrogens with one attached hydrogen (secondary N) is 1. The molecule has 2 aromatic rings. The highest BCUT2D eigenvalue weighted by Crippen LogP contribution is 2.31. The van der Waals surface area contributed by atoms with Crippen LogP contribution in [-0.2, 0) is 15.7 Å². The van der Waals surface area contributed by atoms with Gasteiger partial charge in [-0.25, -0.2) is 0 Å². The predicted molar refractivity (Wildman–Crippen MR) is 85.9 cm³/mol. The van der Waals surface area contributed by atoms with Gasteiger partial charge in [0.25, 0.3) is 5.91 Å². The normalized spacial score (nSPS) is 14.9. The van der Waals surface area contributed by atoms with E-state index in [-0.39, 0.29) is 17.0 Å². The van der Waals surface area contributed by atoms with Gasteiger partial charge in [-0.15, -0.1) is 0 Å². The molecule has 2 amide bonds. The number of hydrogen-bond donors (Lipinski definition) is 1. The molecule has 27 heavy (non-hydrogen) atoms. The van der Waals surface area contributed by atoms with Crippen LogP contribution in [0.25, 0.3) is 11.4 Å². The lowest BCUT2D eigenvalue weighted by Crippen LogP contribution is -2.38. The number of imide groups is 1. The van der Waals surface area contributed by atoms with Gasteiger partial charge in [0.1, 0.15) is 0 Å². The van der Waals surface area contributed by atoms with Crippen LogP contribution in [0.5, 0.6) is 0 Å². The molecule has 0 aliphatic carbocycles. The maximum atomic E-state index is 12.7. The highest BCUT2D eigenvalue weighted by Gasteiger charge is 2.38. The molecule has 8 nitrogen and oxygen atoms in total. The summed E-state index contributed by atoms with van der Waals surface area (Å²) in [6.45, 7) is 3.02. The summed E-state index contributed by atoms with van der Waals surface area (Å²) in [6.07, 6.45) is -4.75. The fourth-order valence-electron chi connectivity index (χ4n) is 2.61. The Morgan fingerprint density at radius 3 is 2.52 bits per heavy atom. The molecular formula is C16H15F3N4O4. The van der Waals surface area contributed by atoms with Crippen molar-refractivity contribution in [2.24, 2.45) is 0 Å². The van der Waals surface area contributed by atoms with Crippen LogP contribution in [0.1, 0.15) is 23.2 Å². The van der Waals surface area contributed by atoms with Crippen molar-refractivity contribution in [3.8, 4) is 11.4 Å². The first kappa shape index (κ1) is 18.8. The number of anilines is 1. The van der Waals surface area contributed by atoms with Crippen LogP contribution < -0.4 is 10.2 Å². The molecule has 1 N–H and O–H groups in total. The Hall–Kier alpha value is -2.95. The minimum absolute atomic E-state index is 0.204. The number of halogens is 3. The minimum Gasteiger partial charge on any atom is -0.378 e. The maximum Gasteiger partial charge on any atom is 0.471 e. The van der Waals surface area contributed by atoms with Gasteiger partial charge in [-0.3, -0.25) is 14.9 Å². The Kier molecular flexibility index (Phi) is 5.13. The Balaban J connectivity index is 2.00. The van der Waals surface area contributed by atoms with E-state index in [1.54, 1.807) is 0 Å². The number of alkyl halides is 3. The summed E-state index contributed by atoms with van der Waals surface area (Å²) < 4.78 is 47.6. The number of amides is 2. The molecule has 1 saturated heterocycles. The zero-order valence-electron chi connectivity index (χ0n) is 14.2. The van der Waals surface area contributed by atoms with Crippen LogP contribution in [0.4, 0.5) is 18.9 Å². The molecule has 3 rings (SSSR count). The number of benzene rings is 1. The van der Waals surface area contributed by atoms with Gasteiger partial charge in [-0.1, -0.05) is 11.2 Å². The van der Waals surface area contributed by atoms with E-state index in [9.17, 15) is 22.8 Å². The first-order chi connectivity index (χ1) is 12.8. The molecule has 0 atom stereocenters. The van der Waals surface area contributed by atoms with Crippen LogP contribution in [0.3, 0.4) is 0 Å². The zero-order chi connectivity index (χ0) is 19.6. The molecule has 0 unspecified atom stereocenters. The number of carbonyl (C=O) groups is 2. The maximum absolute atomic E-state index is 12.7. The van der Waals surface area contributed by atoms with Crippen molar-refractivity contribution in [3.05, 3.63) is 29.7 Å². The lowest BCUT2D eigenvalue weighted by Gasteiger charge is -2.30. The predicted octanol–water partition coefficient (Wildman–Crippen LogP) is 1.87. The fraction of sp³-hybridized carbons (Fsp3) is 0.375. The van der Waals surface area contributed by atoms with Gasteiger partial charge in [0.15, 0.2) is 0 Å². The zero-order valence-corrected chi connectivity index (χ0v) is 14.2. The van der Waals surface area contributed by atoms with Gasteiger partial charge in [0.05, 0.1) is 24.5 Å². The number of ether oxygens (including phenoxy) is 1. The second kappa shape index (κ2) is 7.35. The quantitative estimate of drug-likeness (QED) is 0.863. The summed E-state index contributed by atoms with van der Waals surface area (Å²) in [5.74, 6) is -2.84. The van der Waals surface area contributed by atoms with Crippen molar-refractivity contribution >= 4 is 17.5 Å². The molecule has 0 bridgehead atoms. The number of hydrogen-bond acceptors (Lipinski definition) is 7. The average Bonchev–Trinajstić information content (AvgIpc) is 3.12. The number of carbonyl (C=O) groups excluding carboxylic acids is 2. The molecular weight excluding hydrogens is 369 g/mol. The van der Waals surface area contributed by atoms with E-state index in [2.05, 4.69) is 20.0 Å². The molecule has 1 aliphatic rings. The van der Waals surface area contributed by atoms with Gasteiger partial charge < -0.3 is 14.2 Å². The summed E-state index contributed by atoms with van der Waals surface area (Å²) in [5, 5.41) is 5.55. The lowest BCUT2D eigenvalue weighted by atomic mass is 10.1. The van der Waals surface area contributed by atoms with Crippen molar-refractivity contribution in [2.75, 3.05) is 31.2 Å². The molecule has 2 heterocycles. The third-order valence-corrected chi connectivity index (χ3v) is 3.81. The van der Waals surface area contributed by atoms with E-state index < -0.39 is 23.9 Å². The summed E-state index contributed by atoms with van der Waals surface area (Å²) in [5.41, 5.74) is 0.887.